The molecule has 3 rings (SSSR count). The quantitative estimate of drug-likeness (QED) is 0.667. The van der Waals surface area contributed by atoms with Gasteiger partial charge >= 0.3 is 11.9 Å². The van der Waals surface area contributed by atoms with Crippen molar-refractivity contribution < 1.29 is 19.1 Å². The molecule has 0 fully saturated rings. The zero-order valence-corrected chi connectivity index (χ0v) is 14.1. The molecule has 0 atom stereocenters. The lowest BCUT2D eigenvalue weighted by Gasteiger charge is -2.06. The van der Waals surface area contributed by atoms with Crippen LogP contribution in [0.2, 0.25) is 0 Å². The largest absolute Gasteiger partial charge is 0.462 e. The zero-order chi connectivity index (χ0) is 17.8. The van der Waals surface area contributed by atoms with Gasteiger partial charge < -0.3 is 9.47 Å². The van der Waals surface area contributed by atoms with E-state index < -0.39 is 11.9 Å². The fourth-order valence-corrected chi connectivity index (χ4v) is 2.63. The van der Waals surface area contributed by atoms with Gasteiger partial charge in [-0.3, -0.25) is 4.40 Å². The lowest BCUT2D eigenvalue weighted by atomic mass is 10.1. The van der Waals surface area contributed by atoms with Crippen molar-refractivity contribution in [1.29, 1.82) is 0 Å². The highest BCUT2D eigenvalue weighted by Gasteiger charge is 2.24. The number of benzene rings is 1. The molecule has 0 radical (unpaired) electrons. The van der Waals surface area contributed by atoms with Gasteiger partial charge in [-0.15, -0.1) is 0 Å². The Kier molecular flexibility index (Phi) is 4.79. The fourth-order valence-electron chi connectivity index (χ4n) is 2.63. The van der Waals surface area contributed by atoms with Crippen LogP contribution in [0, 0.1) is 0 Å². The summed E-state index contributed by atoms with van der Waals surface area (Å²) in [6.07, 6.45) is 1.68. The minimum absolute atomic E-state index is 0.248. The van der Waals surface area contributed by atoms with E-state index in [0.29, 0.717) is 16.9 Å². The van der Waals surface area contributed by atoms with Crippen LogP contribution in [0.3, 0.4) is 0 Å². The number of pyridine rings is 1. The lowest BCUT2D eigenvalue weighted by molar-refractivity contribution is 0.0510. The van der Waals surface area contributed by atoms with Crippen LogP contribution < -0.4 is 0 Å². The molecule has 25 heavy (non-hydrogen) atoms. The first-order valence-electron chi connectivity index (χ1n) is 8.08. The summed E-state index contributed by atoms with van der Waals surface area (Å²) in [7, 11) is 0. The number of aromatic nitrogens is 2. The Balaban J connectivity index is 2.27. The second-order valence-corrected chi connectivity index (χ2v) is 5.23. The third kappa shape index (κ3) is 3.10. The summed E-state index contributed by atoms with van der Waals surface area (Å²) in [6, 6.07) is 12.6. The third-order valence-corrected chi connectivity index (χ3v) is 3.66. The van der Waals surface area contributed by atoms with Crippen LogP contribution in [-0.4, -0.2) is 34.5 Å². The molecule has 2 heterocycles. The van der Waals surface area contributed by atoms with Crippen LogP contribution in [0.4, 0.5) is 0 Å². The molecule has 1 aromatic carbocycles. The van der Waals surface area contributed by atoms with Gasteiger partial charge in [0.1, 0.15) is 11.3 Å². The molecular formula is C19H18N2O4. The minimum Gasteiger partial charge on any atom is -0.462 e. The summed E-state index contributed by atoms with van der Waals surface area (Å²) in [5.74, 6) is -0.969. The summed E-state index contributed by atoms with van der Waals surface area (Å²) in [4.78, 5) is 29.3. The first kappa shape index (κ1) is 16.7. The first-order valence-corrected chi connectivity index (χ1v) is 8.08. The molecule has 6 heteroatoms. The van der Waals surface area contributed by atoms with Crippen molar-refractivity contribution in [2.75, 3.05) is 13.2 Å². The van der Waals surface area contributed by atoms with E-state index in [0.717, 1.165) is 5.56 Å². The van der Waals surface area contributed by atoms with Crippen molar-refractivity contribution in [3.8, 4) is 11.3 Å². The Morgan fingerprint density at radius 2 is 1.64 bits per heavy atom. The molecular weight excluding hydrogens is 320 g/mol. The monoisotopic (exact) mass is 338 g/mol. The van der Waals surface area contributed by atoms with Crippen molar-refractivity contribution in [2.24, 2.45) is 0 Å². The molecule has 0 N–H and O–H groups in total. The summed E-state index contributed by atoms with van der Waals surface area (Å²) in [5.41, 5.74) is 2.19. The van der Waals surface area contributed by atoms with E-state index in [9.17, 15) is 9.59 Å². The second kappa shape index (κ2) is 7.17. The molecule has 0 saturated carbocycles. The topological polar surface area (TPSA) is 69.9 Å². The van der Waals surface area contributed by atoms with Crippen molar-refractivity contribution in [3.63, 3.8) is 0 Å². The Morgan fingerprint density at radius 3 is 2.32 bits per heavy atom. The Labute approximate surface area is 145 Å². The predicted molar refractivity (Wildman–Crippen MR) is 92.5 cm³/mol. The number of hydrogen-bond acceptors (Lipinski definition) is 5. The van der Waals surface area contributed by atoms with Gasteiger partial charge in [0.25, 0.3) is 0 Å². The van der Waals surface area contributed by atoms with Crippen LogP contribution >= 0.6 is 0 Å². The number of carbonyl (C=O) groups excluding carboxylic acids is 2. The number of ether oxygens (including phenoxy) is 2. The number of rotatable bonds is 5. The fraction of sp³-hybridized carbons (Fsp3) is 0.211. The average molecular weight is 338 g/mol. The van der Waals surface area contributed by atoms with Gasteiger partial charge in [0.05, 0.1) is 13.2 Å². The molecule has 0 amide bonds. The van der Waals surface area contributed by atoms with Gasteiger partial charge in [0, 0.05) is 11.8 Å². The highest BCUT2D eigenvalue weighted by Crippen LogP contribution is 2.26. The molecule has 6 nitrogen and oxygen atoms in total. The van der Waals surface area contributed by atoms with Crippen LogP contribution in [0.5, 0.6) is 0 Å². The lowest BCUT2D eigenvalue weighted by Crippen LogP contribution is -2.11. The van der Waals surface area contributed by atoms with E-state index in [2.05, 4.69) is 4.98 Å². The summed E-state index contributed by atoms with van der Waals surface area (Å²) < 4.78 is 11.9. The van der Waals surface area contributed by atoms with E-state index >= 15 is 0 Å². The first-order chi connectivity index (χ1) is 12.2. The molecule has 0 spiro atoms. The number of fused-ring (bicyclic) bond motifs is 1. The van der Waals surface area contributed by atoms with E-state index in [-0.39, 0.29) is 18.9 Å². The summed E-state index contributed by atoms with van der Waals surface area (Å²) in [6.45, 7) is 3.99. The number of carbonyl (C=O) groups is 2. The van der Waals surface area contributed by atoms with Crippen molar-refractivity contribution in [2.45, 2.75) is 13.8 Å². The standard InChI is InChI=1S/C19H18N2O4/c1-3-24-18(22)14-11-8-12-21-16(19(23)25-4-2)15(20-17(14)21)13-9-6-5-7-10-13/h5-12H,3-4H2,1-2H3. The molecule has 2 aromatic heterocycles. The SMILES string of the molecule is CCOC(=O)c1cccn2c(C(=O)OCC)c(-c3ccccc3)nc12. The smallest absolute Gasteiger partial charge is 0.357 e. The van der Waals surface area contributed by atoms with Crippen LogP contribution in [-0.2, 0) is 9.47 Å². The van der Waals surface area contributed by atoms with E-state index in [1.54, 1.807) is 36.6 Å². The number of esters is 2. The highest BCUT2D eigenvalue weighted by atomic mass is 16.5. The molecule has 0 aliphatic carbocycles. The Morgan fingerprint density at radius 1 is 0.960 bits per heavy atom. The molecule has 0 aliphatic heterocycles. The number of hydrogen-bond donors (Lipinski definition) is 0. The van der Waals surface area contributed by atoms with Crippen molar-refractivity contribution >= 4 is 17.6 Å². The van der Waals surface area contributed by atoms with Crippen molar-refractivity contribution in [1.82, 2.24) is 9.38 Å². The molecule has 0 aliphatic rings. The van der Waals surface area contributed by atoms with Crippen LogP contribution in [0.15, 0.2) is 48.7 Å². The predicted octanol–water partition coefficient (Wildman–Crippen LogP) is 3.35. The van der Waals surface area contributed by atoms with Gasteiger partial charge in [-0.05, 0) is 26.0 Å². The van der Waals surface area contributed by atoms with E-state index in [4.69, 9.17) is 9.47 Å². The van der Waals surface area contributed by atoms with Gasteiger partial charge in [0.15, 0.2) is 11.3 Å². The minimum atomic E-state index is -0.491. The molecule has 0 bridgehead atoms. The van der Waals surface area contributed by atoms with E-state index in [1.165, 1.54) is 0 Å². The maximum absolute atomic E-state index is 12.5. The number of imidazole rings is 1. The van der Waals surface area contributed by atoms with Crippen LogP contribution in [0.25, 0.3) is 16.9 Å². The number of nitrogens with zero attached hydrogens (tertiary/aromatic N) is 2. The highest BCUT2D eigenvalue weighted by molar-refractivity contribution is 6.00. The molecule has 128 valence electrons. The van der Waals surface area contributed by atoms with Gasteiger partial charge in [-0.1, -0.05) is 30.3 Å². The molecule has 3 aromatic rings. The third-order valence-electron chi connectivity index (χ3n) is 3.66. The summed E-state index contributed by atoms with van der Waals surface area (Å²) in [5, 5.41) is 0. The average Bonchev–Trinajstić information content (AvgIpc) is 3.02. The molecule has 0 unspecified atom stereocenters. The molecule has 0 saturated heterocycles. The Hall–Kier alpha value is -3.15. The summed E-state index contributed by atoms with van der Waals surface area (Å²) >= 11 is 0. The zero-order valence-electron chi connectivity index (χ0n) is 14.1. The normalized spacial score (nSPS) is 10.6. The maximum Gasteiger partial charge on any atom is 0.357 e. The maximum atomic E-state index is 12.5. The Bertz CT molecular complexity index is 916. The van der Waals surface area contributed by atoms with Gasteiger partial charge in [-0.2, -0.15) is 0 Å². The van der Waals surface area contributed by atoms with Crippen LogP contribution in [0.1, 0.15) is 34.7 Å². The van der Waals surface area contributed by atoms with Crippen molar-refractivity contribution in [3.05, 3.63) is 59.9 Å². The van der Waals surface area contributed by atoms with Gasteiger partial charge in [0.2, 0.25) is 0 Å². The second-order valence-electron chi connectivity index (χ2n) is 5.23. The van der Waals surface area contributed by atoms with Gasteiger partial charge in [-0.25, -0.2) is 14.6 Å². The van der Waals surface area contributed by atoms with E-state index in [1.807, 2.05) is 30.3 Å².